The molecule has 6 nitrogen and oxygen atoms in total. The summed E-state index contributed by atoms with van der Waals surface area (Å²) in [5.41, 5.74) is 3.56. The van der Waals surface area contributed by atoms with Crippen LogP contribution < -0.4 is 5.32 Å². The maximum Gasteiger partial charge on any atom is 0.270 e. The van der Waals surface area contributed by atoms with Gasteiger partial charge in [-0.05, 0) is 60.5 Å². The highest BCUT2D eigenvalue weighted by atomic mass is 32.2. The minimum absolute atomic E-state index is 0.0121. The lowest BCUT2D eigenvalue weighted by atomic mass is 10.1. The number of hydrogen-bond donors (Lipinski definition) is 1. The van der Waals surface area contributed by atoms with Crippen molar-refractivity contribution in [1.82, 2.24) is 5.32 Å². The van der Waals surface area contributed by atoms with Crippen molar-refractivity contribution in [3.63, 3.8) is 0 Å². The molecule has 0 bridgehead atoms. The van der Waals surface area contributed by atoms with Gasteiger partial charge in [-0.15, -0.1) is 0 Å². The molecular formula is C18H15N3O3S. The highest BCUT2D eigenvalue weighted by Crippen LogP contribution is 2.29. The van der Waals surface area contributed by atoms with Crippen molar-refractivity contribution in [3.05, 3.63) is 74.2 Å². The van der Waals surface area contributed by atoms with E-state index in [2.05, 4.69) is 16.4 Å². The molecule has 0 radical (unpaired) electrons. The van der Waals surface area contributed by atoms with Gasteiger partial charge >= 0.3 is 0 Å². The maximum absolute atomic E-state index is 12.1. The molecule has 25 heavy (non-hydrogen) atoms. The van der Waals surface area contributed by atoms with Gasteiger partial charge in [0.2, 0.25) is 0 Å². The molecule has 0 spiro atoms. The third kappa shape index (κ3) is 4.13. The summed E-state index contributed by atoms with van der Waals surface area (Å²) in [6, 6.07) is 12.1. The van der Waals surface area contributed by atoms with Gasteiger partial charge in [0.1, 0.15) is 0 Å². The fourth-order valence-corrected chi connectivity index (χ4v) is 3.33. The van der Waals surface area contributed by atoms with Gasteiger partial charge in [0, 0.05) is 12.1 Å². The van der Waals surface area contributed by atoms with Crippen molar-refractivity contribution in [3.8, 4) is 0 Å². The second-order valence-corrected chi connectivity index (χ2v) is 6.71. The van der Waals surface area contributed by atoms with Crippen LogP contribution in [0.4, 0.5) is 11.4 Å². The van der Waals surface area contributed by atoms with E-state index in [-0.39, 0.29) is 11.6 Å². The Labute approximate surface area is 148 Å². The number of amides is 1. The minimum Gasteiger partial charge on any atom is -0.300 e. The van der Waals surface area contributed by atoms with Gasteiger partial charge < -0.3 is 5.32 Å². The molecule has 2 aromatic rings. The zero-order valence-electron chi connectivity index (χ0n) is 13.6. The normalized spacial score (nSPS) is 17.1. The molecule has 1 aliphatic rings. The molecule has 7 heteroatoms. The quantitative estimate of drug-likeness (QED) is 0.511. The molecule has 126 valence electrons. The summed E-state index contributed by atoms with van der Waals surface area (Å²) in [7, 11) is 0. The Balaban J connectivity index is 1.86. The number of aryl methyl sites for hydroxylation is 2. The van der Waals surface area contributed by atoms with Crippen molar-refractivity contribution in [2.75, 3.05) is 0 Å². The molecule has 0 unspecified atom stereocenters. The lowest BCUT2D eigenvalue weighted by molar-refractivity contribution is -0.384. The van der Waals surface area contributed by atoms with Crippen molar-refractivity contribution < 1.29 is 9.72 Å². The zero-order valence-corrected chi connectivity index (χ0v) is 14.5. The average molecular weight is 353 g/mol. The summed E-state index contributed by atoms with van der Waals surface area (Å²) in [5.74, 6) is -0.264. The molecule has 3 rings (SSSR count). The smallest absolute Gasteiger partial charge is 0.270 e. The summed E-state index contributed by atoms with van der Waals surface area (Å²) in [4.78, 5) is 27.4. The number of carbonyl (C=O) groups excluding carboxylic acids is 1. The summed E-state index contributed by atoms with van der Waals surface area (Å²) >= 11 is 1.22. The summed E-state index contributed by atoms with van der Waals surface area (Å²) < 4.78 is 0. The lowest BCUT2D eigenvalue weighted by Crippen LogP contribution is -2.19. The Morgan fingerprint density at radius 2 is 1.88 bits per heavy atom. The van der Waals surface area contributed by atoms with Crippen molar-refractivity contribution in [2.45, 2.75) is 13.8 Å². The molecule has 0 aromatic heterocycles. The number of benzene rings is 2. The van der Waals surface area contributed by atoms with Crippen LogP contribution in [-0.4, -0.2) is 16.0 Å². The zero-order chi connectivity index (χ0) is 18.0. The highest BCUT2D eigenvalue weighted by molar-refractivity contribution is 8.18. The Kier molecular flexibility index (Phi) is 4.67. The first-order valence-corrected chi connectivity index (χ1v) is 8.35. The van der Waals surface area contributed by atoms with Crippen molar-refractivity contribution >= 4 is 40.3 Å². The number of rotatable bonds is 3. The third-order valence-electron chi connectivity index (χ3n) is 3.47. The van der Waals surface area contributed by atoms with E-state index in [0.29, 0.717) is 15.6 Å². The van der Waals surface area contributed by atoms with Gasteiger partial charge in [-0.2, -0.15) is 0 Å². The number of non-ortho nitro benzene ring substituents is 1. The van der Waals surface area contributed by atoms with Gasteiger partial charge in [0.25, 0.3) is 11.6 Å². The van der Waals surface area contributed by atoms with Crippen LogP contribution in [0.3, 0.4) is 0 Å². The van der Waals surface area contributed by atoms with Crippen molar-refractivity contribution in [2.24, 2.45) is 4.99 Å². The monoisotopic (exact) mass is 353 g/mol. The number of amidine groups is 1. The number of nitro groups is 1. The maximum atomic E-state index is 12.1. The molecule has 1 fully saturated rings. The molecule has 0 saturated carbocycles. The number of hydrogen-bond acceptors (Lipinski definition) is 5. The largest absolute Gasteiger partial charge is 0.300 e. The van der Waals surface area contributed by atoms with E-state index in [9.17, 15) is 14.9 Å². The average Bonchev–Trinajstić information content (AvgIpc) is 2.86. The predicted octanol–water partition coefficient (Wildman–Crippen LogP) is 4.10. The minimum atomic E-state index is -0.461. The predicted molar refractivity (Wildman–Crippen MR) is 99.8 cm³/mol. The Morgan fingerprint density at radius 1 is 1.16 bits per heavy atom. The van der Waals surface area contributed by atoms with E-state index in [1.807, 2.05) is 26.0 Å². The topological polar surface area (TPSA) is 84.6 Å². The Morgan fingerprint density at radius 3 is 2.56 bits per heavy atom. The van der Waals surface area contributed by atoms with E-state index in [1.165, 1.54) is 23.9 Å². The number of nitro benzene ring substituents is 1. The van der Waals surface area contributed by atoms with E-state index in [0.717, 1.165) is 16.8 Å². The van der Waals surface area contributed by atoms with Crippen LogP contribution in [0.2, 0.25) is 0 Å². The first-order chi connectivity index (χ1) is 11.9. The van der Waals surface area contributed by atoms with Crippen LogP contribution in [0.5, 0.6) is 0 Å². The molecule has 1 amide bonds. The first-order valence-electron chi connectivity index (χ1n) is 7.53. The molecule has 2 aromatic carbocycles. The van der Waals surface area contributed by atoms with E-state index in [4.69, 9.17) is 0 Å². The Hall–Kier alpha value is -2.93. The molecule has 1 N–H and O–H groups in total. The Bertz CT molecular complexity index is 915. The van der Waals surface area contributed by atoms with Crippen LogP contribution in [0, 0.1) is 24.0 Å². The number of nitrogens with one attached hydrogen (secondary N) is 1. The summed E-state index contributed by atoms with van der Waals surface area (Å²) in [5, 5.41) is 14.1. The van der Waals surface area contributed by atoms with Crippen LogP contribution >= 0.6 is 11.8 Å². The van der Waals surface area contributed by atoms with E-state index in [1.54, 1.807) is 18.2 Å². The summed E-state index contributed by atoms with van der Waals surface area (Å²) in [6.07, 6.45) is 1.62. The molecule has 1 aliphatic heterocycles. The molecular weight excluding hydrogens is 338 g/mol. The van der Waals surface area contributed by atoms with Crippen LogP contribution in [0.25, 0.3) is 6.08 Å². The lowest BCUT2D eigenvalue weighted by Gasteiger charge is -2.00. The fraction of sp³-hybridized carbons (Fsp3) is 0.111. The van der Waals surface area contributed by atoms with E-state index >= 15 is 0 Å². The standard InChI is InChI=1S/C18H15N3O3S/c1-11-6-12(2)8-14(7-11)19-18-20-17(22)16(25-18)10-13-4-3-5-15(9-13)21(23)24/h3-10H,1-2H3,(H,19,20,22)/b16-10+. The second kappa shape index (κ2) is 6.90. The number of aliphatic imine (C=N–C) groups is 1. The van der Waals surface area contributed by atoms with Gasteiger partial charge in [-0.1, -0.05) is 18.2 Å². The van der Waals surface area contributed by atoms with Crippen LogP contribution in [-0.2, 0) is 4.79 Å². The van der Waals surface area contributed by atoms with E-state index < -0.39 is 4.92 Å². The van der Waals surface area contributed by atoms with Gasteiger partial charge in [-0.3, -0.25) is 14.9 Å². The van der Waals surface area contributed by atoms with Gasteiger partial charge in [-0.25, -0.2) is 4.99 Å². The second-order valence-electron chi connectivity index (χ2n) is 5.68. The van der Waals surface area contributed by atoms with Crippen molar-refractivity contribution in [1.29, 1.82) is 0 Å². The molecule has 1 saturated heterocycles. The molecule has 1 heterocycles. The summed E-state index contributed by atoms with van der Waals surface area (Å²) in [6.45, 7) is 3.98. The van der Waals surface area contributed by atoms with Crippen LogP contribution in [0.1, 0.15) is 16.7 Å². The molecule has 0 atom stereocenters. The van der Waals surface area contributed by atoms with Gasteiger partial charge in [0.15, 0.2) is 5.17 Å². The SMILES string of the molecule is Cc1cc(C)cc(N=C2NC(=O)/C(=C\c3cccc([N+](=O)[O-])c3)S2)c1. The number of nitrogens with zero attached hydrogens (tertiary/aromatic N) is 2. The van der Waals surface area contributed by atoms with Gasteiger partial charge in [0.05, 0.1) is 15.5 Å². The van der Waals surface area contributed by atoms with Crippen LogP contribution in [0.15, 0.2) is 52.4 Å². The first kappa shape index (κ1) is 16.9. The number of carbonyl (C=O) groups is 1. The third-order valence-corrected chi connectivity index (χ3v) is 4.38. The highest BCUT2D eigenvalue weighted by Gasteiger charge is 2.24. The number of thioether (sulfide) groups is 1. The molecule has 0 aliphatic carbocycles. The fourth-order valence-electron chi connectivity index (χ4n) is 2.49.